The molecule has 1 atom stereocenters. The molecule has 6 nitrogen and oxygen atoms in total. The van der Waals surface area contributed by atoms with Crippen molar-refractivity contribution in [3.63, 3.8) is 0 Å². The first-order valence-electron chi connectivity index (χ1n) is 8.02. The van der Waals surface area contributed by atoms with E-state index >= 15 is 0 Å². The molecular weight excluding hydrogens is 308 g/mol. The number of hydrogen-bond donors (Lipinski definition) is 1. The average molecular weight is 328 g/mol. The molecule has 3 aromatic rings. The lowest BCUT2D eigenvalue weighted by Gasteiger charge is -2.12. The van der Waals surface area contributed by atoms with Gasteiger partial charge in [0.1, 0.15) is 18.5 Å². The number of fused-ring (bicyclic) bond motifs is 1. The predicted octanol–water partition coefficient (Wildman–Crippen LogP) is 2.38. The number of ether oxygens (including phenoxy) is 1. The highest BCUT2D eigenvalue weighted by Gasteiger charge is 2.13. The lowest BCUT2D eigenvalue weighted by molar-refractivity contribution is 0.0876. The molecule has 0 saturated heterocycles. The molecule has 6 heteroatoms. The van der Waals surface area contributed by atoms with E-state index in [1.165, 1.54) is 0 Å². The second-order valence-electron chi connectivity index (χ2n) is 5.67. The Morgan fingerprint density at radius 3 is 2.83 bits per heavy atom. The van der Waals surface area contributed by atoms with Crippen LogP contribution in [0.3, 0.4) is 0 Å². The molecule has 1 aromatic heterocycles. The molecule has 0 bridgehead atoms. The number of aliphatic hydroxyl groups is 1. The first-order valence-corrected chi connectivity index (χ1v) is 8.02. The summed E-state index contributed by atoms with van der Waals surface area (Å²) >= 11 is 0. The van der Waals surface area contributed by atoms with Crippen LogP contribution >= 0.6 is 0 Å². The summed E-state index contributed by atoms with van der Waals surface area (Å²) in [5, 5.41) is 16.3. The van der Waals surface area contributed by atoms with Gasteiger partial charge in [0.05, 0.1) is 6.54 Å². The Morgan fingerprint density at radius 1 is 1.25 bits per heavy atom. The molecule has 0 aliphatic carbocycles. The fourth-order valence-corrected chi connectivity index (χ4v) is 2.48. The normalized spacial score (nSPS) is 12.4. The smallest absolute Gasteiger partial charge is 0.437 e. The molecule has 2 aromatic carbocycles. The van der Waals surface area contributed by atoms with Gasteiger partial charge in [-0.05, 0) is 29.3 Å². The Kier molecular flexibility index (Phi) is 4.96. The Morgan fingerprint density at radius 2 is 2.04 bits per heavy atom. The maximum Gasteiger partial charge on any atom is 0.437 e. The molecule has 0 fully saturated rings. The van der Waals surface area contributed by atoms with E-state index in [1.54, 1.807) is 0 Å². The second kappa shape index (κ2) is 7.31. The summed E-state index contributed by atoms with van der Waals surface area (Å²) in [6.07, 6.45) is 0.591. The van der Waals surface area contributed by atoms with Crippen molar-refractivity contribution < 1.29 is 14.3 Å². The van der Waals surface area contributed by atoms with Gasteiger partial charge >= 0.3 is 5.76 Å². The van der Waals surface area contributed by atoms with Crippen molar-refractivity contribution in [1.29, 1.82) is 0 Å². The zero-order valence-corrected chi connectivity index (χ0v) is 13.5. The third kappa shape index (κ3) is 3.83. The quantitative estimate of drug-likeness (QED) is 0.720. The molecule has 0 amide bonds. The van der Waals surface area contributed by atoms with Crippen molar-refractivity contribution in [3.05, 3.63) is 58.9 Å². The first kappa shape index (κ1) is 16.3. The highest BCUT2D eigenvalue weighted by Crippen LogP contribution is 2.20. The predicted molar refractivity (Wildman–Crippen MR) is 90.2 cm³/mol. The van der Waals surface area contributed by atoms with Crippen LogP contribution in [0.1, 0.15) is 19.2 Å². The van der Waals surface area contributed by atoms with Gasteiger partial charge < -0.3 is 14.3 Å². The maximum atomic E-state index is 11.7. The van der Waals surface area contributed by atoms with Gasteiger partial charge in [0.25, 0.3) is 0 Å². The zero-order chi connectivity index (χ0) is 16.9. The highest BCUT2D eigenvalue weighted by atomic mass is 16.5. The summed E-state index contributed by atoms with van der Waals surface area (Å²) in [6, 6.07) is 13.7. The molecule has 126 valence electrons. The van der Waals surface area contributed by atoms with Crippen LogP contribution in [0.25, 0.3) is 10.8 Å². The summed E-state index contributed by atoms with van der Waals surface area (Å²) in [4.78, 5) is 11.7. The van der Waals surface area contributed by atoms with Crippen LogP contribution in [0.4, 0.5) is 0 Å². The Labute approximate surface area is 139 Å². The monoisotopic (exact) mass is 328 g/mol. The molecule has 0 radical (unpaired) electrons. The van der Waals surface area contributed by atoms with Gasteiger partial charge in [-0.1, -0.05) is 37.3 Å². The van der Waals surface area contributed by atoms with E-state index in [0.717, 1.165) is 21.9 Å². The van der Waals surface area contributed by atoms with E-state index in [2.05, 4.69) is 5.10 Å². The zero-order valence-electron chi connectivity index (χ0n) is 13.5. The number of nitrogens with zero attached hydrogens (tertiary/aromatic N) is 2. The molecular formula is C18H20N2O4. The minimum atomic E-state index is -0.853. The van der Waals surface area contributed by atoms with Crippen LogP contribution in [-0.2, 0) is 13.0 Å². The standard InChI is InChI=1S/C18H20N2O4/c1-2-5-17-19-20(18(22)24-17)11-15(21)12-23-16-9-8-13-6-3-4-7-14(13)10-16/h3-4,6-10,15,21H,2,5,11-12H2,1H3. The summed E-state index contributed by atoms with van der Waals surface area (Å²) in [6.45, 7) is 2.09. The fraction of sp³-hybridized carbons (Fsp3) is 0.333. The van der Waals surface area contributed by atoms with E-state index in [4.69, 9.17) is 9.15 Å². The minimum Gasteiger partial charge on any atom is -0.491 e. The number of aromatic nitrogens is 2. The van der Waals surface area contributed by atoms with Crippen LogP contribution in [0.15, 0.2) is 51.7 Å². The van der Waals surface area contributed by atoms with Crippen molar-refractivity contribution >= 4 is 10.8 Å². The number of rotatable bonds is 7. The SMILES string of the molecule is CCCc1nn(CC(O)COc2ccc3ccccc3c2)c(=O)o1. The molecule has 24 heavy (non-hydrogen) atoms. The van der Waals surface area contributed by atoms with Crippen LogP contribution < -0.4 is 10.5 Å². The van der Waals surface area contributed by atoms with E-state index in [0.29, 0.717) is 18.1 Å². The number of aryl methyl sites for hydroxylation is 1. The fourth-order valence-electron chi connectivity index (χ4n) is 2.48. The molecule has 1 unspecified atom stereocenters. The van der Waals surface area contributed by atoms with Crippen molar-refractivity contribution in [2.75, 3.05) is 6.61 Å². The summed E-state index contributed by atoms with van der Waals surface area (Å²) in [7, 11) is 0. The largest absolute Gasteiger partial charge is 0.491 e. The molecule has 1 heterocycles. The van der Waals surface area contributed by atoms with Crippen molar-refractivity contribution in [3.8, 4) is 5.75 Å². The van der Waals surface area contributed by atoms with Crippen LogP contribution in [0.2, 0.25) is 0 Å². The van der Waals surface area contributed by atoms with Gasteiger partial charge in [-0.15, -0.1) is 5.10 Å². The number of hydrogen-bond acceptors (Lipinski definition) is 5. The van der Waals surface area contributed by atoms with Crippen LogP contribution in [-0.4, -0.2) is 27.6 Å². The highest BCUT2D eigenvalue weighted by molar-refractivity contribution is 5.83. The summed E-state index contributed by atoms with van der Waals surface area (Å²) in [5.41, 5.74) is 0. The topological polar surface area (TPSA) is 77.5 Å². The van der Waals surface area contributed by atoms with Gasteiger partial charge in [-0.2, -0.15) is 4.68 Å². The maximum absolute atomic E-state index is 11.7. The van der Waals surface area contributed by atoms with Gasteiger partial charge in [0.15, 0.2) is 0 Å². The Bertz CT molecular complexity index is 869. The van der Waals surface area contributed by atoms with Crippen molar-refractivity contribution in [2.45, 2.75) is 32.4 Å². The molecule has 0 saturated carbocycles. The second-order valence-corrected chi connectivity index (χ2v) is 5.67. The molecule has 0 aliphatic heterocycles. The lowest BCUT2D eigenvalue weighted by Crippen LogP contribution is -2.29. The Hall–Kier alpha value is -2.60. The molecule has 1 N–H and O–H groups in total. The first-order chi connectivity index (χ1) is 11.7. The van der Waals surface area contributed by atoms with Gasteiger partial charge in [0, 0.05) is 6.42 Å². The van der Waals surface area contributed by atoms with E-state index < -0.39 is 11.9 Å². The van der Waals surface area contributed by atoms with Crippen LogP contribution in [0, 0.1) is 0 Å². The lowest BCUT2D eigenvalue weighted by atomic mass is 10.1. The summed E-state index contributed by atoms with van der Waals surface area (Å²) in [5.74, 6) is 0.514. The van der Waals surface area contributed by atoms with Gasteiger partial charge in [-0.3, -0.25) is 0 Å². The van der Waals surface area contributed by atoms with Gasteiger partial charge in [-0.25, -0.2) is 4.79 Å². The Balaban J connectivity index is 1.60. The van der Waals surface area contributed by atoms with Crippen LogP contribution in [0.5, 0.6) is 5.75 Å². The molecule has 0 aliphatic rings. The summed E-state index contributed by atoms with van der Waals surface area (Å²) < 4.78 is 11.8. The number of aliphatic hydroxyl groups excluding tert-OH is 1. The van der Waals surface area contributed by atoms with Crippen molar-refractivity contribution in [2.24, 2.45) is 0 Å². The van der Waals surface area contributed by atoms with E-state index in [-0.39, 0.29) is 13.2 Å². The third-order valence-corrected chi connectivity index (χ3v) is 3.66. The average Bonchev–Trinajstić information content (AvgIpc) is 2.92. The van der Waals surface area contributed by atoms with E-state index in [9.17, 15) is 9.90 Å². The molecule has 0 spiro atoms. The number of benzene rings is 2. The van der Waals surface area contributed by atoms with Crippen molar-refractivity contribution in [1.82, 2.24) is 9.78 Å². The van der Waals surface area contributed by atoms with E-state index in [1.807, 2.05) is 49.4 Å². The molecule has 3 rings (SSSR count). The third-order valence-electron chi connectivity index (χ3n) is 3.66. The van der Waals surface area contributed by atoms with Gasteiger partial charge in [0.2, 0.25) is 5.89 Å². The minimum absolute atomic E-state index is 0.0413.